The van der Waals surface area contributed by atoms with Gasteiger partial charge in [0.1, 0.15) is 0 Å². The van der Waals surface area contributed by atoms with E-state index < -0.39 is 0 Å². The molecule has 27 heavy (non-hydrogen) atoms. The monoisotopic (exact) mass is 368 g/mol. The van der Waals surface area contributed by atoms with Crippen LogP contribution >= 0.6 is 0 Å². The van der Waals surface area contributed by atoms with E-state index in [4.69, 9.17) is 9.47 Å². The number of amides is 1. The van der Waals surface area contributed by atoms with Crippen molar-refractivity contribution in [2.24, 2.45) is 0 Å². The molecule has 3 rings (SSSR count). The Labute approximate surface area is 161 Å². The summed E-state index contributed by atoms with van der Waals surface area (Å²) >= 11 is 0. The van der Waals surface area contributed by atoms with Gasteiger partial charge in [-0.3, -0.25) is 9.69 Å². The third-order valence-corrected chi connectivity index (χ3v) is 5.18. The van der Waals surface area contributed by atoms with E-state index in [0.29, 0.717) is 17.9 Å². The number of hydrogen-bond donors (Lipinski definition) is 0. The predicted molar refractivity (Wildman–Crippen MR) is 106 cm³/mol. The maximum Gasteiger partial charge on any atom is 0.227 e. The molecule has 2 aromatic rings. The fourth-order valence-corrected chi connectivity index (χ4v) is 3.46. The van der Waals surface area contributed by atoms with Gasteiger partial charge >= 0.3 is 0 Å². The molecule has 0 saturated carbocycles. The van der Waals surface area contributed by atoms with Crippen LogP contribution in [0.1, 0.15) is 16.7 Å². The van der Waals surface area contributed by atoms with Gasteiger partial charge in [0.05, 0.1) is 20.6 Å². The van der Waals surface area contributed by atoms with Crippen molar-refractivity contribution in [3.05, 3.63) is 59.2 Å². The number of carbonyl (C=O) groups excluding carboxylic acids is 1. The van der Waals surface area contributed by atoms with Crippen molar-refractivity contribution in [3.8, 4) is 11.5 Å². The number of aryl methyl sites for hydroxylation is 1. The Balaban J connectivity index is 1.53. The van der Waals surface area contributed by atoms with Crippen molar-refractivity contribution >= 4 is 5.91 Å². The summed E-state index contributed by atoms with van der Waals surface area (Å²) in [5, 5.41) is 0. The van der Waals surface area contributed by atoms with Crippen LogP contribution in [0.15, 0.2) is 42.5 Å². The number of nitrogens with zero attached hydrogens (tertiary/aromatic N) is 2. The Morgan fingerprint density at radius 3 is 2.33 bits per heavy atom. The van der Waals surface area contributed by atoms with Crippen LogP contribution in [0.5, 0.6) is 11.5 Å². The summed E-state index contributed by atoms with van der Waals surface area (Å²) in [5.41, 5.74) is 3.63. The Hall–Kier alpha value is -2.53. The van der Waals surface area contributed by atoms with E-state index in [-0.39, 0.29) is 5.91 Å². The fraction of sp³-hybridized carbons (Fsp3) is 0.409. The summed E-state index contributed by atoms with van der Waals surface area (Å²) in [6, 6.07) is 14.2. The molecule has 1 amide bonds. The van der Waals surface area contributed by atoms with E-state index in [1.165, 1.54) is 11.1 Å². The number of benzene rings is 2. The highest BCUT2D eigenvalue weighted by molar-refractivity contribution is 5.79. The SMILES string of the molecule is COc1ccc(CC(=O)N2CCN(Cc3ccccc3C)CC2)cc1OC. The molecule has 5 nitrogen and oxygen atoms in total. The lowest BCUT2D eigenvalue weighted by Crippen LogP contribution is -2.48. The van der Waals surface area contributed by atoms with Crippen molar-refractivity contribution in [1.29, 1.82) is 0 Å². The Kier molecular flexibility index (Phi) is 6.35. The van der Waals surface area contributed by atoms with Crippen molar-refractivity contribution in [2.45, 2.75) is 19.9 Å². The number of piperazine rings is 1. The van der Waals surface area contributed by atoms with E-state index in [0.717, 1.165) is 38.3 Å². The molecule has 0 aliphatic carbocycles. The van der Waals surface area contributed by atoms with Gasteiger partial charge in [-0.05, 0) is 35.7 Å². The minimum Gasteiger partial charge on any atom is -0.493 e. The van der Waals surface area contributed by atoms with Gasteiger partial charge in [0.15, 0.2) is 11.5 Å². The molecule has 5 heteroatoms. The van der Waals surface area contributed by atoms with Crippen molar-refractivity contribution in [2.75, 3.05) is 40.4 Å². The molecule has 1 aliphatic rings. The quantitative estimate of drug-likeness (QED) is 0.786. The molecule has 144 valence electrons. The lowest BCUT2D eigenvalue weighted by molar-refractivity contribution is -0.132. The minimum absolute atomic E-state index is 0.165. The molecule has 1 aliphatic heterocycles. The van der Waals surface area contributed by atoms with Crippen LogP contribution in [0.3, 0.4) is 0 Å². The number of carbonyl (C=O) groups is 1. The number of rotatable bonds is 6. The first-order valence-corrected chi connectivity index (χ1v) is 9.36. The standard InChI is InChI=1S/C22H28N2O3/c1-17-6-4-5-7-19(17)16-23-10-12-24(13-11-23)22(25)15-18-8-9-20(26-2)21(14-18)27-3/h4-9,14H,10-13,15-16H2,1-3H3. The van der Waals surface area contributed by atoms with Crippen molar-refractivity contribution in [3.63, 3.8) is 0 Å². The van der Waals surface area contributed by atoms with Crippen LogP contribution in [-0.4, -0.2) is 56.1 Å². The molecular formula is C22H28N2O3. The largest absolute Gasteiger partial charge is 0.493 e. The van der Waals surface area contributed by atoms with Gasteiger partial charge in [0.25, 0.3) is 0 Å². The molecule has 0 N–H and O–H groups in total. The molecule has 0 bridgehead atoms. The van der Waals surface area contributed by atoms with Crippen LogP contribution in [0, 0.1) is 6.92 Å². The van der Waals surface area contributed by atoms with E-state index >= 15 is 0 Å². The van der Waals surface area contributed by atoms with Gasteiger partial charge in [-0.1, -0.05) is 30.3 Å². The van der Waals surface area contributed by atoms with Crippen LogP contribution in [-0.2, 0) is 17.8 Å². The fourth-order valence-electron chi connectivity index (χ4n) is 3.46. The second-order valence-electron chi connectivity index (χ2n) is 6.95. The van der Waals surface area contributed by atoms with Crippen molar-refractivity contribution < 1.29 is 14.3 Å². The molecule has 0 aromatic heterocycles. The zero-order valence-electron chi connectivity index (χ0n) is 16.4. The summed E-state index contributed by atoms with van der Waals surface area (Å²) < 4.78 is 10.6. The number of ether oxygens (including phenoxy) is 2. The first-order valence-electron chi connectivity index (χ1n) is 9.36. The van der Waals surface area contributed by atoms with Gasteiger partial charge in [0, 0.05) is 32.7 Å². The van der Waals surface area contributed by atoms with E-state index in [1.54, 1.807) is 14.2 Å². The third kappa shape index (κ3) is 4.80. The summed E-state index contributed by atoms with van der Waals surface area (Å²) in [6.45, 7) is 6.47. The molecular weight excluding hydrogens is 340 g/mol. The van der Waals surface area contributed by atoms with E-state index in [9.17, 15) is 4.79 Å². The molecule has 0 spiro atoms. The lowest BCUT2D eigenvalue weighted by Gasteiger charge is -2.35. The van der Waals surface area contributed by atoms with Gasteiger partial charge in [-0.15, -0.1) is 0 Å². The van der Waals surface area contributed by atoms with Crippen LogP contribution < -0.4 is 9.47 Å². The smallest absolute Gasteiger partial charge is 0.227 e. The summed E-state index contributed by atoms with van der Waals surface area (Å²) in [7, 11) is 3.22. The van der Waals surface area contributed by atoms with Crippen LogP contribution in [0.4, 0.5) is 0 Å². The third-order valence-electron chi connectivity index (χ3n) is 5.18. The molecule has 0 atom stereocenters. The highest BCUT2D eigenvalue weighted by atomic mass is 16.5. The Morgan fingerprint density at radius 2 is 1.67 bits per heavy atom. The van der Waals surface area contributed by atoms with Crippen molar-refractivity contribution in [1.82, 2.24) is 9.80 Å². The van der Waals surface area contributed by atoms with E-state index in [1.807, 2.05) is 23.1 Å². The summed E-state index contributed by atoms with van der Waals surface area (Å²) in [6.07, 6.45) is 0.387. The predicted octanol–water partition coefficient (Wildman–Crippen LogP) is 2.90. The highest BCUT2D eigenvalue weighted by Gasteiger charge is 2.21. The van der Waals surface area contributed by atoms with Gasteiger partial charge in [0.2, 0.25) is 5.91 Å². The Morgan fingerprint density at radius 1 is 0.963 bits per heavy atom. The maximum atomic E-state index is 12.7. The van der Waals surface area contributed by atoms with Crippen LogP contribution in [0.2, 0.25) is 0 Å². The summed E-state index contributed by atoms with van der Waals surface area (Å²) in [4.78, 5) is 17.1. The first-order chi connectivity index (χ1) is 13.1. The molecule has 1 heterocycles. The van der Waals surface area contributed by atoms with Gasteiger partial charge in [-0.25, -0.2) is 0 Å². The first kappa shape index (κ1) is 19.2. The van der Waals surface area contributed by atoms with Gasteiger partial charge < -0.3 is 14.4 Å². The number of hydrogen-bond acceptors (Lipinski definition) is 4. The average Bonchev–Trinajstić information content (AvgIpc) is 2.70. The zero-order valence-corrected chi connectivity index (χ0v) is 16.4. The molecule has 2 aromatic carbocycles. The Bertz CT molecular complexity index is 783. The van der Waals surface area contributed by atoms with Gasteiger partial charge in [-0.2, -0.15) is 0 Å². The second-order valence-corrected chi connectivity index (χ2v) is 6.95. The maximum absolute atomic E-state index is 12.7. The number of methoxy groups -OCH3 is 2. The topological polar surface area (TPSA) is 42.0 Å². The highest BCUT2D eigenvalue weighted by Crippen LogP contribution is 2.28. The molecule has 0 radical (unpaired) electrons. The normalized spacial score (nSPS) is 14.9. The summed E-state index contributed by atoms with van der Waals surface area (Å²) in [5.74, 6) is 1.50. The zero-order chi connectivity index (χ0) is 19.2. The van der Waals surface area contributed by atoms with E-state index in [2.05, 4.69) is 36.1 Å². The molecule has 0 unspecified atom stereocenters. The minimum atomic E-state index is 0.165. The average molecular weight is 368 g/mol. The second kappa shape index (κ2) is 8.91. The molecule has 1 fully saturated rings. The molecule has 1 saturated heterocycles. The van der Waals surface area contributed by atoms with Crippen LogP contribution in [0.25, 0.3) is 0 Å². The lowest BCUT2D eigenvalue weighted by atomic mass is 10.1.